The van der Waals surface area contributed by atoms with Gasteiger partial charge in [0.15, 0.2) is 0 Å². The first-order valence-electron chi connectivity index (χ1n) is 5.64. The minimum atomic E-state index is -1.55. The number of hydrogen-bond donors (Lipinski definition) is 3. The fraction of sp³-hybridized carbons (Fsp3) is 0.545. The normalized spacial score (nSPS) is 19.3. The molecule has 0 atom stereocenters. The fourth-order valence-electron chi connectivity index (χ4n) is 2.01. The Kier molecular flexibility index (Phi) is 5.20. The van der Waals surface area contributed by atoms with E-state index in [2.05, 4.69) is 5.32 Å². The first-order chi connectivity index (χ1) is 8.80. The SMILES string of the molecule is O=C(O)/C(Cl)=C(/Cl)C(=O)NC1(C(=O)O)CCCCC1. The second-order valence-corrected chi connectivity index (χ2v) is 5.09. The molecule has 0 bridgehead atoms. The average molecular weight is 310 g/mol. The molecule has 0 aliphatic heterocycles. The van der Waals surface area contributed by atoms with Crippen LogP contribution < -0.4 is 5.32 Å². The van der Waals surface area contributed by atoms with E-state index in [1.807, 2.05) is 0 Å². The Morgan fingerprint density at radius 3 is 1.89 bits per heavy atom. The predicted molar refractivity (Wildman–Crippen MR) is 68.0 cm³/mol. The lowest BCUT2D eigenvalue weighted by molar-refractivity contribution is -0.148. The predicted octanol–water partition coefficient (Wildman–Crippen LogP) is 1.66. The summed E-state index contributed by atoms with van der Waals surface area (Å²) in [6.45, 7) is 0. The molecule has 0 saturated heterocycles. The van der Waals surface area contributed by atoms with Crippen molar-refractivity contribution < 1.29 is 24.6 Å². The third-order valence-corrected chi connectivity index (χ3v) is 3.86. The Bertz CT molecular complexity index is 440. The maximum atomic E-state index is 11.8. The van der Waals surface area contributed by atoms with E-state index < -0.39 is 33.4 Å². The average Bonchev–Trinajstić information content (AvgIpc) is 2.37. The van der Waals surface area contributed by atoms with Crippen molar-refractivity contribution in [2.45, 2.75) is 37.6 Å². The number of aliphatic carboxylic acids is 2. The quantitative estimate of drug-likeness (QED) is 0.685. The van der Waals surface area contributed by atoms with Crippen molar-refractivity contribution in [2.75, 3.05) is 0 Å². The molecule has 1 aliphatic rings. The summed E-state index contributed by atoms with van der Waals surface area (Å²) in [6.07, 6.45) is 2.79. The first-order valence-corrected chi connectivity index (χ1v) is 6.40. The molecule has 6 nitrogen and oxygen atoms in total. The number of nitrogens with one attached hydrogen (secondary N) is 1. The van der Waals surface area contributed by atoms with Crippen LogP contribution in [0.3, 0.4) is 0 Å². The summed E-state index contributed by atoms with van der Waals surface area (Å²) in [5, 5.41) is 18.6. The molecular weight excluding hydrogens is 297 g/mol. The molecule has 1 saturated carbocycles. The van der Waals surface area contributed by atoms with E-state index in [0.29, 0.717) is 12.8 Å². The van der Waals surface area contributed by atoms with Crippen LogP contribution in [0, 0.1) is 0 Å². The lowest BCUT2D eigenvalue weighted by Gasteiger charge is -2.33. The molecular formula is C11H13Cl2NO5. The molecule has 1 amide bonds. The summed E-state index contributed by atoms with van der Waals surface area (Å²) in [7, 11) is 0. The zero-order valence-electron chi connectivity index (χ0n) is 9.91. The Morgan fingerprint density at radius 1 is 0.947 bits per heavy atom. The minimum absolute atomic E-state index is 0.281. The monoisotopic (exact) mass is 309 g/mol. The Labute approximate surface area is 119 Å². The standard InChI is InChI=1S/C11H13Cl2NO5/c12-6(7(13)9(16)17)8(15)14-11(10(18)19)4-2-1-3-5-11/h1-5H2,(H,14,15)(H,16,17)(H,18,19)/b7-6-. The van der Waals surface area contributed by atoms with E-state index in [9.17, 15) is 19.5 Å². The fourth-order valence-corrected chi connectivity index (χ4v) is 2.23. The maximum Gasteiger partial charge on any atom is 0.349 e. The molecule has 0 aromatic carbocycles. The molecule has 0 heterocycles. The third kappa shape index (κ3) is 3.61. The lowest BCUT2D eigenvalue weighted by atomic mass is 9.81. The van der Waals surface area contributed by atoms with Gasteiger partial charge in [-0.2, -0.15) is 0 Å². The smallest absolute Gasteiger partial charge is 0.349 e. The maximum absolute atomic E-state index is 11.8. The van der Waals surface area contributed by atoms with Gasteiger partial charge in [-0.3, -0.25) is 4.79 Å². The highest BCUT2D eigenvalue weighted by Gasteiger charge is 2.41. The first kappa shape index (κ1) is 15.8. The van der Waals surface area contributed by atoms with Crippen molar-refractivity contribution in [3.63, 3.8) is 0 Å². The van der Waals surface area contributed by atoms with Crippen LogP contribution in [0.4, 0.5) is 0 Å². The van der Waals surface area contributed by atoms with Crippen molar-refractivity contribution in [3.8, 4) is 0 Å². The van der Waals surface area contributed by atoms with Gasteiger partial charge in [-0.25, -0.2) is 9.59 Å². The van der Waals surface area contributed by atoms with Gasteiger partial charge in [0, 0.05) is 0 Å². The van der Waals surface area contributed by atoms with Crippen LogP contribution >= 0.6 is 23.2 Å². The number of amides is 1. The van der Waals surface area contributed by atoms with Crippen LogP contribution in [0.25, 0.3) is 0 Å². The van der Waals surface area contributed by atoms with E-state index in [1.54, 1.807) is 0 Å². The van der Waals surface area contributed by atoms with Gasteiger partial charge in [0.2, 0.25) is 0 Å². The summed E-state index contributed by atoms with van der Waals surface area (Å²) in [4.78, 5) is 33.7. The molecule has 0 spiro atoms. The van der Waals surface area contributed by atoms with Crippen LogP contribution in [0.5, 0.6) is 0 Å². The van der Waals surface area contributed by atoms with Crippen LogP contribution in [-0.2, 0) is 14.4 Å². The topological polar surface area (TPSA) is 104 Å². The zero-order chi connectivity index (χ0) is 14.6. The number of rotatable bonds is 4. The third-order valence-electron chi connectivity index (χ3n) is 3.05. The van der Waals surface area contributed by atoms with Gasteiger partial charge in [-0.15, -0.1) is 0 Å². The van der Waals surface area contributed by atoms with Crippen LogP contribution in [-0.4, -0.2) is 33.6 Å². The van der Waals surface area contributed by atoms with Crippen molar-refractivity contribution >= 4 is 41.0 Å². The highest BCUT2D eigenvalue weighted by molar-refractivity contribution is 6.53. The lowest BCUT2D eigenvalue weighted by Crippen LogP contribution is -2.55. The summed E-state index contributed by atoms with van der Waals surface area (Å²) in [6, 6.07) is 0. The number of halogens is 2. The summed E-state index contributed by atoms with van der Waals surface area (Å²) in [5.41, 5.74) is -1.40. The van der Waals surface area contributed by atoms with Crippen molar-refractivity contribution in [1.82, 2.24) is 5.32 Å². The van der Waals surface area contributed by atoms with Gasteiger partial charge in [-0.05, 0) is 12.8 Å². The highest BCUT2D eigenvalue weighted by atomic mass is 35.5. The molecule has 1 aliphatic carbocycles. The molecule has 1 rings (SSSR count). The summed E-state index contributed by atoms with van der Waals surface area (Å²) >= 11 is 10.9. The second-order valence-electron chi connectivity index (χ2n) is 4.34. The second kappa shape index (κ2) is 6.25. The van der Waals surface area contributed by atoms with Gasteiger partial charge in [0.25, 0.3) is 5.91 Å². The highest BCUT2D eigenvalue weighted by Crippen LogP contribution is 2.29. The number of carboxylic acid groups (broad SMARTS) is 2. The van der Waals surface area contributed by atoms with Crippen LogP contribution in [0.15, 0.2) is 10.1 Å². The van der Waals surface area contributed by atoms with E-state index >= 15 is 0 Å². The molecule has 106 valence electrons. The minimum Gasteiger partial charge on any atom is -0.480 e. The number of carbonyl (C=O) groups is 3. The van der Waals surface area contributed by atoms with Gasteiger partial charge >= 0.3 is 11.9 Å². The number of hydrogen-bond acceptors (Lipinski definition) is 3. The van der Waals surface area contributed by atoms with E-state index in [0.717, 1.165) is 6.42 Å². The Balaban J connectivity index is 2.92. The van der Waals surface area contributed by atoms with Crippen molar-refractivity contribution in [3.05, 3.63) is 10.1 Å². The largest absolute Gasteiger partial charge is 0.480 e. The van der Waals surface area contributed by atoms with E-state index in [4.69, 9.17) is 28.3 Å². The van der Waals surface area contributed by atoms with Gasteiger partial charge in [0.05, 0.1) is 0 Å². The number of carboxylic acids is 2. The molecule has 0 radical (unpaired) electrons. The molecule has 3 N–H and O–H groups in total. The Hall–Kier alpha value is -1.27. The molecule has 0 unspecified atom stereocenters. The Morgan fingerprint density at radius 2 is 1.47 bits per heavy atom. The van der Waals surface area contributed by atoms with E-state index in [1.165, 1.54) is 0 Å². The molecule has 1 fully saturated rings. The molecule has 19 heavy (non-hydrogen) atoms. The summed E-state index contributed by atoms with van der Waals surface area (Å²) < 4.78 is 0. The number of carbonyl (C=O) groups excluding carboxylic acids is 1. The van der Waals surface area contributed by atoms with Gasteiger partial charge in [-0.1, -0.05) is 42.5 Å². The summed E-state index contributed by atoms with van der Waals surface area (Å²) in [5.74, 6) is -3.69. The molecule has 0 aromatic rings. The van der Waals surface area contributed by atoms with Gasteiger partial charge < -0.3 is 15.5 Å². The van der Waals surface area contributed by atoms with Crippen molar-refractivity contribution in [1.29, 1.82) is 0 Å². The van der Waals surface area contributed by atoms with Crippen LogP contribution in [0.2, 0.25) is 0 Å². The van der Waals surface area contributed by atoms with Gasteiger partial charge in [0.1, 0.15) is 15.6 Å². The zero-order valence-corrected chi connectivity index (χ0v) is 11.4. The van der Waals surface area contributed by atoms with Crippen molar-refractivity contribution in [2.24, 2.45) is 0 Å². The van der Waals surface area contributed by atoms with Crippen LogP contribution in [0.1, 0.15) is 32.1 Å². The van der Waals surface area contributed by atoms with E-state index in [-0.39, 0.29) is 12.8 Å². The molecule has 0 aromatic heterocycles. The molecule has 8 heteroatoms.